The number of hydrogen-bond donors (Lipinski definition) is 0. The number of benzene rings is 2. The molecule has 0 amide bonds. The Morgan fingerprint density at radius 3 is 2.47 bits per heavy atom. The third kappa shape index (κ3) is 4.33. The molecule has 0 bridgehead atoms. The minimum absolute atomic E-state index is 0.0787. The summed E-state index contributed by atoms with van der Waals surface area (Å²) < 4.78 is 55.9. The van der Waals surface area contributed by atoms with Gasteiger partial charge in [-0.3, -0.25) is 4.79 Å². The summed E-state index contributed by atoms with van der Waals surface area (Å²) in [6.45, 7) is 0.343. The summed E-state index contributed by atoms with van der Waals surface area (Å²) in [5, 5.41) is 4.90. The maximum absolute atomic E-state index is 13.3. The molecule has 4 aromatic rings. The van der Waals surface area contributed by atoms with Crippen molar-refractivity contribution in [2.75, 3.05) is 20.8 Å². The molecule has 0 fully saturated rings. The fourth-order valence-corrected chi connectivity index (χ4v) is 5.10. The van der Waals surface area contributed by atoms with Crippen LogP contribution in [-0.4, -0.2) is 36.8 Å². The molecule has 0 spiro atoms. The van der Waals surface area contributed by atoms with Gasteiger partial charge in [0.25, 0.3) is 5.56 Å². The molecule has 0 radical (unpaired) electrons. The number of aromatic nitrogens is 2. The van der Waals surface area contributed by atoms with E-state index >= 15 is 0 Å². The Hall–Kier alpha value is -3.53. The van der Waals surface area contributed by atoms with E-state index in [1.165, 1.54) is 29.2 Å². The molecule has 0 N–H and O–H groups in total. The van der Waals surface area contributed by atoms with Crippen molar-refractivity contribution in [3.8, 4) is 38.8 Å². The number of para-hydroxylation sites is 1. The van der Waals surface area contributed by atoms with Crippen LogP contribution < -0.4 is 19.8 Å². The second-order valence-corrected chi connectivity index (χ2v) is 8.54. The second-order valence-electron chi connectivity index (χ2n) is 7.49. The summed E-state index contributed by atoms with van der Waals surface area (Å²) >= 11 is 1.32. The lowest BCUT2D eigenvalue weighted by molar-refractivity contribution is -0.153. The molecule has 10 heteroatoms. The average Bonchev–Trinajstić information content (AvgIpc) is 3.17. The van der Waals surface area contributed by atoms with E-state index in [2.05, 4.69) is 5.10 Å². The first-order valence-corrected chi connectivity index (χ1v) is 11.0. The molecule has 6 nitrogen and oxygen atoms in total. The van der Waals surface area contributed by atoms with Crippen molar-refractivity contribution < 1.29 is 27.4 Å². The zero-order valence-corrected chi connectivity index (χ0v) is 19.6. The Balaban J connectivity index is 2.05. The summed E-state index contributed by atoms with van der Waals surface area (Å²) in [4.78, 5) is 14.0. The fraction of sp³-hybridized carbons (Fsp3) is 0.250. The highest BCUT2D eigenvalue weighted by Crippen LogP contribution is 2.49. The minimum Gasteiger partial charge on any atom is -0.496 e. The predicted octanol–water partition coefficient (Wildman–Crippen LogP) is 5.60. The quantitative estimate of drug-likeness (QED) is 0.352. The Kier molecular flexibility index (Phi) is 6.26. The number of fused-ring (bicyclic) bond motifs is 1. The highest BCUT2D eigenvalue weighted by molar-refractivity contribution is 7.23. The zero-order valence-electron chi connectivity index (χ0n) is 18.8. The molecule has 0 aliphatic carbocycles. The topological polar surface area (TPSA) is 62.6 Å². The molecule has 34 heavy (non-hydrogen) atoms. The van der Waals surface area contributed by atoms with E-state index in [4.69, 9.17) is 14.2 Å². The van der Waals surface area contributed by atoms with E-state index in [0.717, 1.165) is 5.56 Å². The molecule has 0 unspecified atom stereocenters. The van der Waals surface area contributed by atoms with Crippen LogP contribution in [0.1, 0.15) is 5.69 Å². The van der Waals surface area contributed by atoms with Crippen molar-refractivity contribution >= 4 is 21.4 Å². The van der Waals surface area contributed by atoms with Gasteiger partial charge in [0, 0.05) is 33.1 Å². The molecule has 2 aromatic carbocycles. The number of alkyl halides is 3. The highest BCUT2D eigenvalue weighted by atomic mass is 32.1. The van der Waals surface area contributed by atoms with Crippen LogP contribution in [-0.2, 0) is 7.05 Å². The van der Waals surface area contributed by atoms with Gasteiger partial charge in [0.05, 0.1) is 19.8 Å². The number of aryl methyl sites for hydroxylation is 2. The van der Waals surface area contributed by atoms with Crippen molar-refractivity contribution in [3.63, 3.8) is 0 Å². The van der Waals surface area contributed by atoms with Gasteiger partial charge in [-0.1, -0.05) is 12.1 Å². The van der Waals surface area contributed by atoms with Crippen molar-refractivity contribution in [2.45, 2.75) is 13.1 Å². The van der Waals surface area contributed by atoms with Crippen molar-refractivity contribution in [2.24, 2.45) is 7.05 Å². The van der Waals surface area contributed by atoms with E-state index < -0.39 is 12.8 Å². The molecule has 0 aliphatic rings. The van der Waals surface area contributed by atoms with Crippen LogP contribution in [0.15, 0.2) is 47.3 Å². The first-order valence-electron chi connectivity index (χ1n) is 10.2. The first-order chi connectivity index (χ1) is 16.1. The van der Waals surface area contributed by atoms with Crippen molar-refractivity contribution in [1.82, 2.24) is 9.78 Å². The predicted molar refractivity (Wildman–Crippen MR) is 125 cm³/mol. The van der Waals surface area contributed by atoms with Crippen LogP contribution in [0.3, 0.4) is 0 Å². The number of methoxy groups -OCH3 is 2. The maximum Gasteiger partial charge on any atom is 0.422 e. The number of nitrogens with zero attached hydrogens (tertiary/aromatic N) is 2. The number of hydrogen-bond acceptors (Lipinski definition) is 6. The lowest BCUT2D eigenvalue weighted by Crippen LogP contribution is -2.23. The Bertz CT molecular complexity index is 1430. The van der Waals surface area contributed by atoms with Gasteiger partial charge in [0.2, 0.25) is 0 Å². The smallest absolute Gasteiger partial charge is 0.422 e. The van der Waals surface area contributed by atoms with Gasteiger partial charge >= 0.3 is 6.18 Å². The molecule has 0 atom stereocenters. The van der Waals surface area contributed by atoms with Crippen LogP contribution in [0.2, 0.25) is 0 Å². The maximum atomic E-state index is 13.3. The molecule has 0 aliphatic heterocycles. The molecular formula is C24H21F3N2O4S. The SMILES string of the molecule is COc1ccccc1-c1sc2cc(OCC(F)(F)F)ccc2c1-c1c(OC)c(C)nn(C)c1=O. The second kappa shape index (κ2) is 9.02. The van der Waals surface area contributed by atoms with Crippen LogP contribution in [0.5, 0.6) is 17.2 Å². The van der Waals surface area contributed by atoms with Gasteiger partial charge in [-0.25, -0.2) is 4.68 Å². The number of ether oxygens (including phenoxy) is 3. The van der Waals surface area contributed by atoms with Crippen LogP contribution in [0.25, 0.3) is 31.7 Å². The van der Waals surface area contributed by atoms with E-state index in [1.807, 2.05) is 18.2 Å². The number of halogens is 3. The molecule has 4 rings (SSSR count). The largest absolute Gasteiger partial charge is 0.496 e. The Labute approximate surface area is 197 Å². The van der Waals surface area contributed by atoms with Gasteiger partial charge in [0.15, 0.2) is 12.4 Å². The summed E-state index contributed by atoms with van der Waals surface area (Å²) in [5.41, 5.74) is 1.80. The summed E-state index contributed by atoms with van der Waals surface area (Å²) in [6, 6.07) is 12.0. The van der Waals surface area contributed by atoms with Gasteiger partial charge in [-0.2, -0.15) is 18.3 Å². The fourth-order valence-electron chi connectivity index (χ4n) is 3.83. The normalized spacial score (nSPS) is 11.6. The van der Waals surface area contributed by atoms with E-state index in [0.29, 0.717) is 43.3 Å². The zero-order chi connectivity index (χ0) is 24.6. The third-order valence-electron chi connectivity index (χ3n) is 5.23. The first kappa shape index (κ1) is 23.6. The molecule has 2 heterocycles. The molecule has 0 saturated carbocycles. The summed E-state index contributed by atoms with van der Waals surface area (Å²) in [7, 11) is 4.57. The third-order valence-corrected chi connectivity index (χ3v) is 6.42. The molecule has 0 saturated heterocycles. The van der Waals surface area contributed by atoms with E-state index in [9.17, 15) is 18.0 Å². The minimum atomic E-state index is -4.45. The van der Waals surface area contributed by atoms with Gasteiger partial charge in [-0.05, 0) is 37.3 Å². The van der Waals surface area contributed by atoms with E-state index in [-0.39, 0.29) is 11.3 Å². The van der Waals surface area contributed by atoms with E-state index in [1.54, 1.807) is 39.3 Å². The lowest BCUT2D eigenvalue weighted by atomic mass is 9.98. The number of thiophene rings is 1. The van der Waals surface area contributed by atoms with Gasteiger partial charge < -0.3 is 14.2 Å². The monoisotopic (exact) mass is 490 g/mol. The van der Waals surface area contributed by atoms with Crippen molar-refractivity contribution in [1.29, 1.82) is 0 Å². The summed E-state index contributed by atoms with van der Waals surface area (Å²) in [5.74, 6) is 0.997. The average molecular weight is 491 g/mol. The standard InChI is InChI=1S/C24H21F3N2O4S/c1-13-21(32-4)20(23(30)29(2)28-13)19-16-10-9-14(33-12-24(25,26)27)11-18(16)34-22(19)15-7-5-6-8-17(15)31-3/h5-11H,12H2,1-4H3. The molecule has 178 valence electrons. The number of rotatable bonds is 6. The van der Waals surface area contributed by atoms with Crippen LogP contribution >= 0.6 is 11.3 Å². The highest BCUT2D eigenvalue weighted by Gasteiger charge is 2.29. The molecule has 2 aromatic heterocycles. The van der Waals surface area contributed by atoms with Crippen molar-refractivity contribution in [3.05, 3.63) is 58.5 Å². The van der Waals surface area contributed by atoms with Gasteiger partial charge in [-0.15, -0.1) is 11.3 Å². The Morgan fingerprint density at radius 1 is 1.06 bits per heavy atom. The Morgan fingerprint density at radius 2 is 1.79 bits per heavy atom. The molecular weight excluding hydrogens is 469 g/mol. The lowest BCUT2D eigenvalue weighted by Gasteiger charge is -2.14. The summed E-state index contributed by atoms with van der Waals surface area (Å²) in [6.07, 6.45) is -4.45. The van der Waals surface area contributed by atoms with Crippen LogP contribution in [0.4, 0.5) is 13.2 Å². The van der Waals surface area contributed by atoms with Crippen LogP contribution in [0, 0.1) is 6.92 Å². The van der Waals surface area contributed by atoms with Gasteiger partial charge in [0.1, 0.15) is 17.2 Å².